The Morgan fingerprint density at radius 3 is 2.61 bits per heavy atom. The molecule has 1 aromatic carbocycles. The molecule has 0 bridgehead atoms. The van der Waals surface area contributed by atoms with E-state index in [9.17, 15) is 9.59 Å². The molecule has 0 aliphatic heterocycles. The average molecular weight is 331 g/mol. The molecule has 98 valence electrons. The number of thioether (sulfide) groups is 1. The maximum atomic E-state index is 12.0. The van der Waals surface area contributed by atoms with Crippen molar-refractivity contribution in [2.24, 2.45) is 0 Å². The fraction of sp³-hybridized carbons (Fsp3) is 0.385. The van der Waals surface area contributed by atoms with Gasteiger partial charge in [0.1, 0.15) is 0 Å². The van der Waals surface area contributed by atoms with Crippen molar-refractivity contribution in [1.82, 2.24) is 0 Å². The lowest BCUT2D eigenvalue weighted by Gasteiger charge is -2.09. The number of carbonyl (C=O) groups excluding carboxylic acids is 2. The highest BCUT2D eigenvalue weighted by molar-refractivity contribution is 9.09. The number of hydrogen-bond donors (Lipinski definition) is 0. The van der Waals surface area contributed by atoms with Gasteiger partial charge >= 0.3 is 5.97 Å². The van der Waals surface area contributed by atoms with E-state index in [1.807, 2.05) is 12.3 Å². The second-order valence-corrected chi connectivity index (χ2v) is 5.17. The molecule has 3 nitrogen and oxygen atoms in total. The molecule has 0 N–H and O–H groups in total. The van der Waals surface area contributed by atoms with Gasteiger partial charge in [0.15, 0.2) is 5.78 Å². The molecule has 0 heterocycles. The van der Waals surface area contributed by atoms with Gasteiger partial charge in [0.25, 0.3) is 0 Å². The number of Topliss-reactive ketones (excluding diaryl/α,β-unsaturated/α-hetero) is 1. The van der Waals surface area contributed by atoms with E-state index >= 15 is 0 Å². The molecule has 0 aliphatic carbocycles. The number of esters is 1. The molecule has 0 radical (unpaired) electrons. The second-order valence-electron chi connectivity index (χ2n) is 3.49. The maximum absolute atomic E-state index is 12.0. The molecule has 0 fully saturated rings. The summed E-state index contributed by atoms with van der Waals surface area (Å²) < 4.78 is 4.96. The third kappa shape index (κ3) is 3.85. The Morgan fingerprint density at radius 2 is 2.06 bits per heavy atom. The van der Waals surface area contributed by atoms with E-state index in [0.717, 1.165) is 4.90 Å². The van der Waals surface area contributed by atoms with Crippen LogP contribution in [0, 0.1) is 0 Å². The van der Waals surface area contributed by atoms with Crippen molar-refractivity contribution in [3.63, 3.8) is 0 Å². The number of alkyl halides is 1. The van der Waals surface area contributed by atoms with E-state index in [2.05, 4.69) is 15.9 Å². The number of benzene rings is 1. The molecule has 0 amide bonds. The van der Waals surface area contributed by atoms with E-state index in [4.69, 9.17) is 4.74 Å². The average Bonchev–Trinajstić information content (AvgIpc) is 2.38. The molecule has 0 saturated carbocycles. The highest BCUT2D eigenvalue weighted by atomic mass is 79.9. The van der Waals surface area contributed by atoms with Crippen LogP contribution in [0.5, 0.6) is 0 Å². The first-order valence-corrected chi connectivity index (χ1v) is 7.93. The number of rotatable bonds is 6. The summed E-state index contributed by atoms with van der Waals surface area (Å²) in [5.41, 5.74) is 0.792. The Balaban J connectivity index is 3.15. The largest absolute Gasteiger partial charge is 0.462 e. The predicted octanol–water partition coefficient (Wildman–Crippen LogP) is 3.55. The lowest BCUT2D eigenvalue weighted by molar-refractivity contribution is 0.0523. The first kappa shape index (κ1) is 15.2. The molecule has 0 aliphatic rings. The molecule has 1 aromatic rings. The third-order valence-corrected chi connectivity index (χ3v) is 3.47. The number of ether oxygens (including phenoxy) is 1. The summed E-state index contributed by atoms with van der Waals surface area (Å²) in [7, 11) is 0. The van der Waals surface area contributed by atoms with Gasteiger partial charge < -0.3 is 4.74 Å². The Hall–Kier alpha value is -0.810. The van der Waals surface area contributed by atoms with Gasteiger partial charge in [-0.2, -0.15) is 0 Å². The normalized spacial score (nSPS) is 10.2. The molecule has 1 rings (SSSR count). The number of carbonyl (C=O) groups is 2. The topological polar surface area (TPSA) is 43.4 Å². The van der Waals surface area contributed by atoms with E-state index in [0.29, 0.717) is 29.5 Å². The van der Waals surface area contributed by atoms with Gasteiger partial charge in [-0.25, -0.2) is 4.79 Å². The van der Waals surface area contributed by atoms with Crippen molar-refractivity contribution in [1.29, 1.82) is 0 Å². The minimum atomic E-state index is -0.442. The summed E-state index contributed by atoms with van der Waals surface area (Å²) in [6.45, 7) is 2.04. The van der Waals surface area contributed by atoms with E-state index in [1.54, 1.807) is 19.1 Å². The Kier molecular flexibility index (Phi) is 6.43. The minimum absolute atomic E-state index is 0.0502. The van der Waals surface area contributed by atoms with Gasteiger partial charge in [-0.3, -0.25) is 4.79 Å². The molecular weight excluding hydrogens is 316 g/mol. The van der Waals surface area contributed by atoms with Crippen LogP contribution < -0.4 is 0 Å². The van der Waals surface area contributed by atoms with Gasteiger partial charge in [0.2, 0.25) is 0 Å². The summed E-state index contributed by atoms with van der Waals surface area (Å²) in [4.78, 5) is 24.7. The monoisotopic (exact) mass is 330 g/mol. The maximum Gasteiger partial charge on any atom is 0.338 e. The summed E-state index contributed by atoms with van der Waals surface area (Å²) in [5.74, 6) is -0.492. The van der Waals surface area contributed by atoms with Gasteiger partial charge in [0.05, 0.1) is 12.2 Å². The SMILES string of the molecule is CCOC(=O)c1ccc(SC)cc1C(=O)CCBr. The van der Waals surface area contributed by atoms with Crippen LogP contribution in [0.25, 0.3) is 0 Å². The van der Waals surface area contributed by atoms with Crippen LogP contribution in [0.15, 0.2) is 23.1 Å². The van der Waals surface area contributed by atoms with Crippen molar-refractivity contribution < 1.29 is 14.3 Å². The van der Waals surface area contributed by atoms with Crippen LogP contribution in [0.2, 0.25) is 0 Å². The first-order chi connectivity index (χ1) is 8.63. The highest BCUT2D eigenvalue weighted by Crippen LogP contribution is 2.21. The summed E-state index contributed by atoms with van der Waals surface area (Å²) in [6, 6.07) is 5.23. The molecule has 5 heteroatoms. The molecule has 0 aromatic heterocycles. The van der Waals surface area contributed by atoms with Crippen molar-refractivity contribution >= 4 is 39.4 Å². The van der Waals surface area contributed by atoms with E-state index in [1.165, 1.54) is 11.8 Å². The van der Waals surface area contributed by atoms with Crippen LogP contribution in [0.1, 0.15) is 34.1 Å². The summed E-state index contributed by atoms with van der Waals surface area (Å²) in [5, 5.41) is 0.581. The second kappa shape index (κ2) is 7.59. The van der Waals surface area contributed by atoms with Crippen LogP contribution in [0.4, 0.5) is 0 Å². The van der Waals surface area contributed by atoms with Crippen molar-refractivity contribution in [3.8, 4) is 0 Å². The summed E-state index contributed by atoms with van der Waals surface area (Å²) in [6.07, 6.45) is 2.29. The van der Waals surface area contributed by atoms with Crippen LogP contribution in [0.3, 0.4) is 0 Å². The molecule has 0 unspecified atom stereocenters. The lowest BCUT2D eigenvalue weighted by Crippen LogP contribution is -2.12. The Labute approximate surface area is 119 Å². The molecule has 0 saturated heterocycles. The highest BCUT2D eigenvalue weighted by Gasteiger charge is 2.18. The van der Waals surface area contributed by atoms with Crippen molar-refractivity contribution in [2.45, 2.75) is 18.2 Å². The van der Waals surface area contributed by atoms with Crippen LogP contribution in [-0.2, 0) is 4.74 Å². The Morgan fingerprint density at radius 1 is 1.33 bits per heavy atom. The zero-order chi connectivity index (χ0) is 13.5. The molecular formula is C13H15BrO3S. The predicted molar refractivity (Wildman–Crippen MR) is 76.9 cm³/mol. The third-order valence-electron chi connectivity index (χ3n) is 2.34. The lowest BCUT2D eigenvalue weighted by atomic mass is 10.0. The number of ketones is 1. The molecule has 18 heavy (non-hydrogen) atoms. The van der Waals surface area contributed by atoms with Crippen LogP contribution in [-0.4, -0.2) is 29.9 Å². The summed E-state index contributed by atoms with van der Waals surface area (Å²) >= 11 is 4.77. The fourth-order valence-electron chi connectivity index (χ4n) is 1.49. The quantitative estimate of drug-likeness (QED) is 0.346. The standard InChI is InChI=1S/C13H15BrO3S/c1-3-17-13(16)10-5-4-9(18-2)8-11(10)12(15)6-7-14/h4-5,8H,3,6-7H2,1-2H3. The van der Waals surface area contributed by atoms with E-state index < -0.39 is 5.97 Å². The van der Waals surface area contributed by atoms with E-state index in [-0.39, 0.29) is 5.78 Å². The van der Waals surface area contributed by atoms with Gasteiger partial charge in [0, 0.05) is 22.2 Å². The van der Waals surface area contributed by atoms with Crippen LogP contribution >= 0.6 is 27.7 Å². The zero-order valence-corrected chi connectivity index (χ0v) is 12.8. The first-order valence-electron chi connectivity index (χ1n) is 5.58. The minimum Gasteiger partial charge on any atom is -0.462 e. The molecule has 0 spiro atoms. The fourth-order valence-corrected chi connectivity index (χ4v) is 2.29. The van der Waals surface area contributed by atoms with Gasteiger partial charge in [-0.05, 0) is 31.4 Å². The Bertz CT molecular complexity index is 446. The molecule has 0 atom stereocenters. The smallest absolute Gasteiger partial charge is 0.338 e. The van der Waals surface area contributed by atoms with Crippen molar-refractivity contribution in [3.05, 3.63) is 29.3 Å². The van der Waals surface area contributed by atoms with Crippen molar-refractivity contribution in [2.75, 3.05) is 18.2 Å². The van der Waals surface area contributed by atoms with Gasteiger partial charge in [-0.1, -0.05) is 15.9 Å². The number of halogens is 1. The van der Waals surface area contributed by atoms with Gasteiger partial charge in [-0.15, -0.1) is 11.8 Å². The number of hydrogen-bond acceptors (Lipinski definition) is 4. The zero-order valence-electron chi connectivity index (χ0n) is 10.4.